The van der Waals surface area contributed by atoms with E-state index >= 15 is 0 Å². The molecule has 1 aromatic carbocycles. The zero-order valence-electron chi connectivity index (χ0n) is 21.0. The summed E-state index contributed by atoms with van der Waals surface area (Å²) >= 11 is 0. The molecule has 0 aliphatic heterocycles. The van der Waals surface area contributed by atoms with Crippen molar-refractivity contribution in [3.63, 3.8) is 0 Å². The number of carbonyl (C=O) groups excluding carboxylic acids is 1. The third kappa shape index (κ3) is 3.51. The normalized spacial score (nSPS) is 35.9. The van der Waals surface area contributed by atoms with Gasteiger partial charge in [-0.05, 0) is 72.8 Å². The third-order valence-electron chi connectivity index (χ3n) is 9.62. The molecule has 34 heavy (non-hydrogen) atoms. The van der Waals surface area contributed by atoms with Gasteiger partial charge in [0.2, 0.25) is 0 Å². The van der Waals surface area contributed by atoms with Gasteiger partial charge in [-0.3, -0.25) is 4.79 Å². The van der Waals surface area contributed by atoms with Crippen LogP contribution in [-0.4, -0.2) is 55.5 Å². The monoisotopic (exact) mass is 465 g/mol. The Balaban J connectivity index is 1.62. The first-order valence-corrected chi connectivity index (χ1v) is 12.8. The van der Waals surface area contributed by atoms with E-state index in [0.717, 1.165) is 25.7 Å². The van der Waals surface area contributed by atoms with Crippen LogP contribution in [0.25, 0.3) is 0 Å². The fraction of sp³-hybridized carbons (Fsp3) is 0.621. The predicted molar refractivity (Wildman–Crippen MR) is 134 cm³/mol. The van der Waals surface area contributed by atoms with Crippen LogP contribution in [0.3, 0.4) is 0 Å². The summed E-state index contributed by atoms with van der Waals surface area (Å²) in [5.41, 5.74) is 5.01. The first-order chi connectivity index (χ1) is 16.2. The number of aliphatic hydroxyl groups is 2. The molecular formula is C29H39NO4. The number of hydrogen-bond donors (Lipinski definition) is 2. The van der Waals surface area contributed by atoms with E-state index in [-0.39, 0.29) is 12.5 Å². The van der Waals surface area contributed by atoms with Crippen LogP contribution >= 0.6 is 0 Å². The Bertz CT molecular complexity index is 1030. The number of methoxy groups -OCH3 is 1. The summed E-state index contributed by atoms with van der Waals surface area (Å²) in [6, 6.07) is 8.82. The van der Waals surface area contributed by atoms with E-state index in [4.69, 9.17) is 4.74 Å². The lowest BCUT2D eigenvalue weighted by atomic mass is 9.51. The minimum Gasteiger partial charge on any atom is -0.388 e. The topological polar surface area (TPSA) is 70.0 Å². The number of ether oxygens (including phenoxy) is 1. The maximum absolute atomic E-state index is 12.2. The fourth-order valence-corrected chi connectivity index (χ4v) is 7.78. The van der Waals surface area contributed by atoms with E-state index in [1.165, 1.54) is 28.0 Å². The molecule has 3 saturated carbocycles. The Morgan fingerprint density at radius 1 is 1.21 bits per heavy atom. The number of fused-ring (bicyclic) bond motifs is 4. The van der Waals surface area contributed by atoms with Crippen molar-refractivity contribution in [2.75, 3.05) is 32.7 Å². The van der Waals surface area contributed by atoms with Gasteiger partial charge < -0.3 is 19.8 Å². The lowest BCUT2D eigenvalue weighted by molar-refractivity contribution is -0.172. The van der Waals surface area contributed by atoms with E-state index in [1.807, 2.05) is 0 Å². The van der Waals surface area contributed by atoms with Gasteiger partial charge in [-0.25, -0.2) is 0 Å². The Labute approximate surface area is 203 Å². The van der Waals surface area contributed by atoms with Gasteiger partial charge in [0.25, 0.3) is 0 Å². The summed E-state index contributed by atoms with van der Waals surface area (Å²) in [6.45, 7) is 2.35. The highest BCUT2D eigenvalue weighted by atomic mass is 16.5. The summed E-state index contributed by atoms with van der Waals surface area (Å²) in [7, 11) is 5.68. The van der Waals surface area contributed by atoms with Gasteiger partial charge in [0, 0.05) is 51.1 Å². The molecule has 0 radical (unpaired) electrons. The number of anilines is 1. The van der Waals surface area contributed by atoms with Crippen molar-refractivity contribution in [2.45, 2.75) is 69.5 Å². The van der Waals surface area contributed by atoms with Gasteiger partial charge in [0.1, 0.15) is 11.9 Å². The van der Waals surface area contributed by atoms with E-state index < -0.39 is 17.1 Å². The highest BCUT2D eigenvalue weighted by molar-refractivity contribution is 5.84. The molecule has 1 unspecified atom stereocenters. The average molecular weight is 466 g/mol. The third-order valence-corrected chi connectivity index (χ3v) is 9.62. The number of carbonyl (C=O) groups is 1. The van der Waals surface area contributed by atoms with Gasteiger partial charge >= 0.3 is 0 Å². The Hall–Kier alpha value is -1.95. The van der Waals surface area contributed by atoms with Crippen LogP contribution in [0.5, 0.6) is 0 Å². The molecule has 0 spiro atoms. The number of rotatable bonds is 5. The quantitative estimate of drug-likeness (QED) is 0.675. The highest BCUT2D eigenvalue weighted by Gasteiger charge is 2.65. The standard InChI is InChI=1S/C29H39NO4/c1-28-16-24(18-5-8-20(9-6-18)30(2)3)27-22-12-10-21(31)15-19(22)7-11-23(27)25(28)13-14-29(28,33)26(32)17-34-4/h5-9,23-26,32-33H,10-17H2,1-4H3/t23-,24+,25-,26?,28-,29-/m0/s1. The minimum absolute atomic E-state index is 0.145. The Morgan fingerprint density at radius 3 is 2.62 bits per heavy atom. The SMILES string of the molecule is COCC(O)[C@@]1(O)CC[C@H]2[C@@H]3CC=C4CC(=O)CCC4=C3[C@@H](c3ccc(N(C)C)cc3)C[C@@]21C. The highest BCUT2D eigenvalue weighted by Crippen LogP contribution is 2.67. The molecule has 4 aliphatic carbocycles. The van der Waals surface area contributed by atoms with Gasteiger partial charge in [-0.1, -0.05) is 30.7 Å². The van der Waals surface area contributed by atoms with Crippen molar-refractivity contribution in [1.82, 2.24) is 0 Å². The van der Waals surface area contributed by atoms with Crippen molar-refractivity contribution in [1.29, 1.82) is 0 Å². The van der Waals surface area contributed by atoms with Crippen LogP contribution in [0.4, 0.5) is 5.69 Å². The van der Waals surface area contributed by atoms with Crippen LogP contribution in [0.1, 0.15) is 63.4 Å². The number of aliphatic hydroxyl groups excluding tert-OH is 1. The van der Waals surface area contributed by atoms with Gasteiger partial charge in [-0.2, -0.15) is 0 Å². The molecule has 0 amide bonds. The Morgan fingerprint density at radius 2 is 1.94 bits per heavy atom. The molecule has 5 rings (SSSR count). The van der Waals surface area contributed by atoms with E-state index in [9.17, 15) is 15.0 Å². The van der Waals surface area contributed by atoms with E-state index in [1.54, 1.807) is 7.11 Å². The molecule has 5 heteroatoms. The number of Topliss-reactive ketones (excluding diaryl/α,β-unsaturated/α-hetero) is 1. The minimum atomic E-state index is -1.17. The molecule has 1 aromatic rings. The second kappa shape index (κ2) is 8.61. The fourth-order valence-electron chi connectivity index (χ4n) is 7.78. The summed E-state index contributed by atoms with van der Waals surface area (Å²) in [5, 5.41) is 23.0. The number of benzene rings is 1. The summed E-state index contributed by atoms with van der Waals surface area (Å²) in [4.78, 5) is 14.4. The maximum Gasteiger partial charge on any atom is 0.137 e. The molecule has 184 valence electrons. The molecule has 0 saturated heterocycles. The average Bonchev–Trinajstić information content (AvgIpc) is 3.10. The molecule has 0 heterocycles. The van der Waals surface area contributed by atoms with Crippen LogP contribution in [-0.2, 0) is 9.53 Å². The number of nitrogens with zero attached hydrogens (tertiary/aromatic N) is 1. The van der Waals surface area contributed by atoms with Crippen molar-refractivity contribution < 1.29 is 19.7 Å². The van der Waals surface area contributed by atoms with Gasteiger partial charge in [-0.15, -0.1) is 0 Å². The molecule has 6 atom stereocenters. The second-order valence-corrected chi connectivity index (χ2v) is 11.4. The molecule has 0 bridgehead atoms. The second-order valence-electron chi connectivity index (χ2n) is 11.4. The lowest BCUT2D eigenvalue weighted by Gasteiger charge is -2.55. The first-order valence-electron chi connectivity index (χ1n) is 12.8. The Kier molecular flexibility index (Phi) is 6.02. The summed E-state index contributed by atoms with van der Waals surface area (Å²) in [6.07, 6.45) is 6.66. The number of hydrogen-bond acceptors (Lipinski definition) is 5. The zero-order chi connectivity index (χ0) is 24.3. The molecule has 3 fully saturated rings. The van der Waals surface area contributed by atoms with Crippen LogP contribution < -0.4 is 4.90 Å². The van der Waals surface area contributed by atoms with Crippen molar-refractivity contribution in [2.24, 2.45) is 17.3 Å². The van der Waals surface area contributed by atoms with Crippen molar-refractivity contribution in [3.05, 3.63) is 52.6 Å². The van der Waals surface area contributed by atoms with Crippen LogP contribution in [0.15, 0.2) is 47.1 Å². The zero-order valence-corrected chi connectivity index (χ0v) is 21.0. The number of ketones is 1. The predicted octanol–water partition coefficient (Wildman–Crippen LogP) is 4.39. The van der Waals surface area contributed by atoms with Crippen LogP contribution in [0, 0.1) is 17.3 Å². The van der Waals surface area contributed by atoms with Crippen LogP contribution in [0.2, 0.25) is 0 Å². The van der Waals surface area contributed by atoms with E-state index in [0.29, 0.717) is 36.9 Å². The summed E-state index contributed by atoms with van der Waals surface area (Å²) < 4.78 is 5.27. The molecular weight excluding hydrogens is 426 g/mol. The number of allylic oxidation sites excluding steroid dienone is 4. The van der Waals surface area contributed by atoms with Gasteiger partial charge in [0.05, 0.1) is 12.2 Å². The smallest absolute Gasteiger partial charge is 0.137 e. The molecule has 2 N–H and O–H groups in total. The largest absolute Gasteiger partial charge is 0.388 e. The summed E-state index contributed by atoms with van der Waals surface area (Å²) in [5.74, 6) is 1.17. The van der Waals surface area contributed by atoms with Crippen molar-refractivity contribution >= 4 is 11.5 Å². The molecule has 5 nitrogen and oxygen atoms in total. The molecule has 4 aliphatic rings. The van der Waals surface area contributed by atoms with Gasteiger partial charge in [0.15, 0.2) is 0 Å². The van der Waals surface area contributed by atoms with Crippen molar-refractivity contribution in [3.8, 4) is 0 Å². The maximum atomic E-state index is 12.2. The first kappa shape index (κ1) is 23.8. The van der Waals surface area contributed by atoms with E-state index in [2.05, 4.69) is 56.3 Å². The molecule has 0 aromatic heterocycles. The lowest BCUT2D eigenvalue weighted by Crippen LogP contribution is -2.58.